The molecule has 6 nitrogen and oxygen atoms in total. The summed E-state index contributed by atoms with van der Waals surface area (Å²) in [5, 5.41) is 11.9. The van der Waals surface area contributed by atoms with Crippen LogP contribution in [0.3, 0.4) is 0 Å². The molecule has 2 N–H and O–H groups in total. The number of aliphatic carboxylic acids is 1. The molecule has 0 saturated carbocycles. The molecule has 0 radical (unpaired) electrons. The van der Waals surface area contributed by atoms with Gasteiger partial charge in [0.1, 0.15) is 6.04 Å². The average molecular weight is 260 g/mol. The molecule has 0 spiro atoms. The summed E-state index contributed by atoms with van der Waals surface area (Å²) in [6.45, 7) is 3.03. The Morgan fingerprint density at radius 2 is 2.35 bits per heavy atom. The molecule has 0 aromatic carbocycles. The van der Waals surface area contributed by atoms with Gasteiger partial charge in [-0.05, 0) is 13.3 Å². The molecular formula is C10H16N2O4S. The molecule has 2 rings (SSSR count). The number of carboxylic acid groups (broad SMARTS) is 1. The number of urea groups is 1. The number of hydrogen-bond donors (Lipinski definition) is 2. The highest BCUT2D eigenvalue weighted by atomic mass is 32.2. The van der Waals surface area contributed by atoms with Crippen LogP contribution in [0.15, 0.2) is 0 Å². The molecule has 7 heteroatoms. The van der Waals surface area contributed by atoms with Crippen molar-refractivity contribution < 1.29 is 19.4 Å². The molecule has 0 aromatic rings. The van der Waals surface area contributed by atoms with E-state index in [0.717, 1.165) is 6.42 Å². The molecule has 2 heterocycles. The number of hydrogen-bond acceptors (Lipinski definition) is 4. The zero-order valence-corrected chi connectivity index (χ0v) is 10.5. The lowest BCUT2D eigenvalue weighted by Crippen LogP contribution is -2.54. The summed E-state index contributed by atoms with van der Waals surface area (Å²) in [7, 11) is 0. The largest absolute Gasteiger partial charge is 0.480 e. The lowest BCUT2D eigenvalue weighted by Gasteiger charge is -2.28. The summed E-state index contributed by atoms with van der Waals surface area (Å²) in [5.41, 5.74) is -0.368. The van der Waals surface area contributed by atoms with Crippen molar-refractivity contribution in [3.63, 3.8) is 0 Å². The molecular weight excluding hydrogens is 244 g/mol. The second-order valence-electron chi connectivity index (χ2n) is 4.62. The smallest absolute Gasteiger partial charge is 0.327 e. The average Bonchev–Trinajstić information content (AvgIpc) is 2.85. The number of nitrogens with one attached hydrogen (secondary N) is 1. The summed E-state index contributed by atoms with van der Waals surface area (Å²) in [6, 6.07) is -1.03. The topological polar surface area (TPSA) is 78.9 Å². The maximum absolute atomic E-state index is 12.0. The lowest BCUT2D eigenvalue weighted by atomic mass is 10.0. The fourth-order valence-electron chi connectivity index (χ4n) is 1.94. The molecule has 2 fully saturated rings. The van der Waals surface area contributed by atoms with Crippen LogP contribution in [-0.4, -0.2) is 58.4 Å². The van der Waals surface area contributed by atoms with Crippen LogP contribution in [0.5, 0.6) is 0 Å². The Morgan fingerprint density at radius 3 is 2.94 bits per heavy atom. The van der Waals surface area contributed by atoms with E-state index in [1.807, 2.05) is 6.92 Å². The van der Waals surface area contributed by atoms with E-state index < -0.39 is 12.0 Å². The molecule has 2 amide bonds. The Labute approximate surface area is 104 Å². The molecule has 0 aliphatic carbocycles. The van der Waals surface area contributed by atoms with Crippen LogP contribution in [-0.2, 0) is 9.53 Å². The van der Waals surface area contributed by atoms with Gasteiger partial charge < -0.3 is 20.1 Å². The monoisotopic (exact) mass is 260 g/mol. The number of thioether (sulfide) groups is 1. The molecule has 0 bridgehead atoms. The fraction of sp³-hybridized carbons (Fsp3) is 0.800. The van der Waals surface area contributed by atoms with Crippen LogP contribution in [0.2, 0.25) is 0 Å². The predicted molar refractivity (Wildman–Crippen MR) is 63.0 cm³/mol. The first-order valence-corrected chi connectivity index (χ1v) is 6.64. The van der Waals surface area contributed by atoms with Crippen LogP contribution < -0.4 is 5.32 Å². The van der Waals surface area contributed by atoms with Gasteiger partial charge in [0.15, 0.2) is 0 Å². The van der Waals surface area contributed by atoms with Gasteiger partial charge in [-0.2, -0.15) is 0 Å². The second-order valence-corrected chi connectivity index (χ2v) is 5.62. The number of ether oxygens (including phenoxy) is 1. The third-order valence-corrected chi connectivity index (χ3v) is 4.07. The highest BCUT2D eigenvalue weighted by Gasteiger charge is 2.38. The van der Waals surface area contributed by atoms with Crippen molar-refractivity contribution in [3.05, 3.63) is 0 Å². The molecule has 2 atom stereocenters. The number of nitrogens with zero attached hydrogens (tertiary/aromatic N) is 1. The maximum Gasteiger partial charge on any atom is 0.327 e. The first-order valence-electron chi connectivity index (χ1n) is 5.49. The third kappa shape index (κ3) is 2.66. The SMILES string of the molecule is CC1(NC(=O)N2CSCC2C(=O)O)CCOC1. The van der Waals surface area contributed by atoms with Crippen molar-refractivity contribution >= 4 is 23.8 Å². The van der Waals surface area contributed by atoms with Gasteiger partial charge in [0.25, 0.3) is 0 Å². The minimum absolute atomic E-state index is 0.310. The number of carbonyl (C=O) groups excluding carboxylic acids is 1. The van der Waals surface area contributed by atoms with E-state index in [-0.39, 0.29) is 11.6 Å². The van der Waals surface area contributed by atoms with Gasteiger partial charge in [-0.15, -0.1) is 11.8 Å². The molecule has 2 saturated heterocycles. The minimum Gasteiger partial charge on any atom is -0.480 e. The molecule has 2 aliphatic heterocycles. The summed E-state index contributed by atoms with van der Waals surface area (Å²) >= 11 is 1.46. The quantitative estimate of drug-likeness (QED) is 0.748. The van der Waals surface area contributed by atoms with Crippen LogP contribution in [0.1, 0.15) is 13.3 Å². The second kappa shape index (κ2) is 4.73. The van der Waals surface area contributed by atoms with E-state index in [1.165, 1.54) is 16.7 Å². The van der Waals surface area contributed by atoms with Gasteiger partial charge in [0.05, 0.1) is 18.0 Å². The van der Waals surface area contributed by atoms with Crippen LogP contribution in [0, 0.1) is 0 Å². The highest BCUT2D eigenvalue weighted by molar-refractivity contribution is 7.99. The van der Waals surface area contributed by atoms with E-state index in [9.17, 15) is 9.59 Å². The Morgan fingerprint density at radius 1 is 1.59 bits per heavy atom. The number of carbonyl (C=O) groups is 2. The summed E-state index contributed by atoms with van der Waals surface area (Å²) in [4.78, 5) is 24.3. The zero-order chi connectivity index (χ0) is 12.5. The predicted octanol–water partition coefficient (Wildman–Crippen LogP) is 0.334. The Hall–Kier alpha value is -0.950. The fourth-order valence-corrected chi connectivity index (χ4v) is 3.09. The first-order chi connectivity index (χ1) is 8.02. The van der Waals surface area contributed by atoms with E-state index in [1.54, 1.807) is 0 Å². The van der Waals surface area contributed by atoms with Crippen molar-refractivity contribution in [1.82, 2.24) is 10.2 Å². The Balaban J connectivity index is 1.97. The van der Waals surface area contributed by atoms with Gasteiger partial charge in [-0.3, -0.25) is 0 Å². The van der Waals surface area contributed by atoms with E-state index in [0.29, 0.717) is 24.8 Å². The highest BCUT2D eigenvalue weighted by Crippen LogP contribution is 2.23. The van der Waals surface area contributed by atoms with Crippen molar-refractivity contribution in [3.8, 4) is 0 Å². The molecule has 2 unspecified atom stereocenters. The number of carboxylic acids is 1. The lowest BCUT2D eigenvalue weighted by molar-refractivity contribution is -0.140. The molecule has 96 valence electrons. The summed E-state index contributed by atoms with van der Waals surface area (Å²) in [6.07, 6.45) is 0.761. The number of rotatable bonds is 2. The van der Waals surface area contributed by atoms with Gasteiger partial charge in [0.2, 0.25) is 0 Å². The Bertz CT molecular complexity index is 330. The minimum atomic E-state index is -0.946. The van der Waals surface area contributed by atoms with Gasteiger partial charge in [0, 0.05) is 12.4 Å². The summed E-state index contributed by atoms with van der Waals surface area (Å²) < 4.78 is 5.24. The molecule has 17 heavy (non-hydrogen) atoms. The van der Waals surface area contributed by atoms with Gasteiger partial charge in [-0.25, -0.2) is 9.59 Å². The standard InChI is InChI=1S/C10H16N2O4S/c1-10(2-3-16-5-10)11-9(15)12-6-17-4-7(12)8(13)14/h7H,2-6H2,1H3,(H,11,15)(H,13,14). The van der Waals surface area contributed by atoms with Crippen LogP contribution >= 0.6 is 11.8 Å². The van der Waals surface area contributed by atoms with Gasteiger partial charge in [-0.1, -0.05) is 0 Å². The van der Waals surface area contributed by atoms with Crippen molar-refractivity contribution in [2.75, 3.05) is 24.8 Å². The molecule has 0 aromatic heterocycles. The summed E-state index contributed by atoms with van der Waals surface area (Å²) in [5.74, 6) is -0.0617. The molecule has 2 aliphatic rings. The van der Waals surface area contributed by atoms with Gasteiger partial charge >= 0.3 is 12.0 Å². The van der Waals surface area contributed by atoms with Crippen molar-refractivity contribution in [2.45, 2.75) is 24.9 Å². The van der Waals surface area contributed by atoms with Crippen LogP contribution in [0.25, 0.3) is 0 Å². The van der Waals surface area contributed by atoms with E-state index >= 15 is 0 Å². The number of amides is 2. The third-order valence-electron chi connectivity index (χ3n) is 3.06. The zero-order valence-electron chi connectivity index (χ0n) is 9.64. The van der Waals surface area contributed by atoms with E-state index in [2.05, 4.69) is 5.32 Å². The van der Waals surface area contributed by atoms with Crippen molar-refractivity contribution in [2.24, 2.45) is 0 Å². The van der Waals surface area contributed by atoms with E-state index in [4.69, 9.17) is 9.84 Å². The maximum atomic E-state index is 12.0. The normalized spacial score (nSPS) is 32.8. The Kier molecular flexibility index (Phi) is 3.48. The first kappa shape index (κ1) is 12.5. The van der Waals surface area contributed by atoms with Crippen molar-refractivity contribution in [1.29, 1.82) is 0 Å². The van der Waals surface area contributed by atoms with Crippen LogP contribution in [0.4, 0.5) is 4.79 Å².